The third-order valence-electron chi connectivity index (χ3n) is 4.76. The van der Waals surface area contributed by atoms with Crippen LogP contribution in [0.5, 0.6) is 0 Å². The molecule has 1 fully saturated rings. The Kier molecular flexibility index (Phi) is 5.25. The monoisotopic (exact) mass is 357 g/mol. The first-order chi connectivity index (χ1) is 12.4. The molecule has 7 nitrogen and oxygen atoms in total. The molecule has 26 heavy (non-hydrogen) atoms. The molecule has 7 heteroatoms. The zero-order valence-electron chi connectivity index (χ0n) is 14.9. The highest BCUT2D eigenvalue weighted by molar-refractivity contribution is 5.90. The van der Waals surface area contributed by atoms with Gasteiger partial charge in [-0.3, -0.25) is 4.79 Å². The summed E-state index contributed by atoms with van der Waals surface area (Å²) in [5.41, 5.74) is 3.29. The van der Waals surface area contributed by atoms with Crippen LogP contribution in [-0.4, -0.2) is 28.1 Å². The minimum Gasteiger partial charge on any atom is -0.481 e. The molecule has 2 amide bonds. The highest BCUT2D eigenvalue weighted by atomic mass is 16.4. The molecule has 1 saturated carbocycles. The van der Waals surface area contributed by atoms with Crippen molar-refractivity contribution in [3.05, 3.63) is 35.7 Å². The van der Waals surface area contributed by atoms with E-state index in [0.29, 0.717) is 37.3 Å². The summed E-state index contributed by atoms with van der Waals surface area (Å²) in [7, 11) is 0. The molecule has 1 aliphatic rings. The van der Waals surface area contributed by atoms with E-state index in [1.54, 1.807) is 6.26 Å². The molecule has 3 rings (SSSR count). The van der Waals surface area contributed by atoms with E-state index < -0.39 is 5.97 Å². The first-order valence-electron chi connectivity index (χ1n) is 8.76. The van der Waals surface area contributed by atoms with Crippen LogP contribution in [-0.2, 0) is 4.79 Å². The summed E-state index contributed by atoms with van der Waals surface area (Å²) in [6, 6.07) is 5.28. The standard InChI is InChI=1S/C19H23N3O4/c1-11-3-6-15(9-16(11)17-20-12(2)10-26-17)22-19(25)21-14-7-4-13(5-8-14)18(23)24/h3,6,9-10,13-14H,4-5,7-8H2,1-2H3,(H,23,24)(H2,21,22,25). The van der Waals surface area contributed by atoms with E-state index in [2.05, 4.69) is 15.6 Å². The third kappa shape index (κ3) is 4.22. The van der Waals surface area contributed by atoms with Crippen molar-refractivity contribution >= 4 is 17.7 Å². The Labute approximate surface area is 151 Å². The smallest absolute Gasteiger partial charge is 0.319 e. The summed E-state index contributed by atoms with van der Waals surface area (Å²) in [5.74, 6) is -0.516. The number of carbonyl (C=O) groups excluding carboxylic acids is 1. The fourth-order valence-corrected chi connectivity index (χ4v) is 3.25. The summed E-state index contributed by atoms with van der Waals surface area (Å²) in [4.78, 5) is 27.6. The summed E-state index contributed by atoms with van der Waals surface area (Å²) in [5, 5.41) is 14.8. The second-order valence-electron chi connectivity index (χ2n) is 6.81. The first kappa shape index (κ1) is 18.0. The van der Waals surface area contributed by atoms with Gasteiger partial charge < -0.3 is 20.2 Å². The normalized spacial score (nSPS) is 19.8. The van der Waals surface area contributed by atoms with Gasteiger partial charge in [-0.15, -0.1) is 0 Å². The molecule has 1 heterocycles. The number of oxazole rings is 1. The average Bonchev–Trinajstić information content (AvgIpc) is 3.03. The van der Waals surface area contributed by atoms with Crippen LogP contribution in [0, 0.1) is 19.8 Å². The van der Waals surface area contributed by atoms with Crippen molar-refractivity contribution in [1.29, 1.82) is 0 Å². The van der Waals surface area contributed by atoms with Gasteiger partial charge in [0.25, 0.3) is 0 Å². The minimum atomic E-state index is -0.748. The van der Waals surface area contributed by atoms with Crippen LogP contribution in [0.25, 0.3) is 11.5 Å². The van der Waals surface area contributed by atoms with Crippen molar-refractivity contribution in [3.63, 3.8) is 0 Å². The van der Waals surface area contributed by atoms with E-state index in [4.69, 9.17) is 9.52 Å². The summed E-state index contributed by atoms with van der Waals surface area (Å²) in [6.07, 6.45) is 4.14. The summed E-state index contributed by atoms with van der Waals surface area (Å²) < 4.78 is 5.45. The van der Waals surface area contributed by atoms with Gasteiger partial charge in [-0.05, 0) is 57.2 Å². The lowest BCUT2D eigenvalue weighted by atomic mass is 9.86. The molecule has 3 N–H and O–H groups in total. The number of benzene rings is 1. The van der Waals surface area contributed by atoms with Crippen molar-refractivity contribution in [2.45, 2.75) is 45.6 Å². The van der Waals surface area contributed by atoms with E-state index in [0.717, 1.165) is 16.8 Å². The maximum Gasteiger partial charge on any atom is 0.319 e. The van der Waals surface area contributed by atoms with Gasteiger partial charge >= 0.3 is 12.0 Å². The molecule has 0 bridgehead atoms. The number of aryl methyl sites for hydroxylation is 2. The number of carboxylic acid groups (broad SMARTS) is 1. The van der Waals surface area contributed by atoms with Crippen LogP contribution >= 0.6 is 0 Å². The van der Waals surface area contributed by atoms with Gasteiger partial charge in [0.1, 0.15) is 6.26 Å². The number of rotatable bonds is 4. The maximum absolute atomic E-state index is 12.3. The second-order valence-corrected chi connectivity index (χ2v) is 6.81. The van der Waals surface area contributed by atoms with Gasteiger partial charge in [-0.2, -0.15) is 0 Å². The average molecular weight is 357 g/mol. The molecular formula is C19H23N3O4. The molecule has 0 aliphatic heterocycles. The quantitative estimate of drug-likeness (QED) is 0.773. The molecular weight excluding hydrogens is 334 g/mol. The molecule has 2 aromatic rings. The molecule has 0 unspecified atom stereocenters. The van der Waals surface area contributed by atoms with Gasteiger partial charge in [0.15, 0.2) is 0 Å². The highest BCUT2D eigenvalue weighted by Crippen LogP contribution is 2.27. The van der Waals surface area contributed by atoms with E-state index >= 15 is 0 Å². The van der Waals surface area contributed by atoms with Gasteiger partial charge in [-0.1, -0.05) is 6.07 Å². The predicted octanol–water partition coefficient (Wildman–Crippen LogP) is 3.72. The van der Waals surface area contributed by atoms with Crippen molar-refractivity contribution < 1.29 is 19.1 Å². The number of amides is 2. The van der Waals surface area contributed by atoms with Crippen LogP contribution in [0.3, 0.4) is 0 Å². The highest BCUT2D eigenvalue weighted by Gasteiger charge is 2.26. The van der Waals surface area contributed by atoms with E-state index in [1.165, 1.54) is 0 Å². The van der Waals surface area contributed by atoms with E-state index in [1.807, 2.05) is 32.0 Å². The Morgan fingerprint density at radius 3 is 2.54 bits per heavy atom. The Morgan fingerprint density at radius 1 is 1.19 bits per heavy atom. The Morgan fingerprint density at radius 2 is 1.92 bits per heavy atom. The largest absolute Gasteiger partial charge is 0.481 e. The van der Waals surface area contributed by atoms with Crippen molar-refractivity contribution in [2.75, 3.05) is 5.32 Å². The molecule has 1 aliphatic carbocycles. The van der Waals surface area contributed by atoms with Crippen molar-refractivity contribution in [2.24, 2.45) is 5.92 Å². The predicted molar refractivity (Wildman–Crippen MR) is 96.9 cm³/mol. The van der Waals surface area contributed by atoms with Crippen molar-refractivity contribution in [3.8, 4) is 11.5 Å². The molecule has 0 spiro atoms. The van der Waals surface area contributed by atoms with E-state index in [9.17, 15) is 9.59 Å². The lowest BCUT2D eigenvalue weighted by molar-refractivity contribution is -0.142. The number of nitrogens with one attached hydrogen (secondary N) is 2. The number of aliphatic carboxylic acids is 1. The van der Waals surface area contributed by atoms with Gasteiger partial charge in [0, 0.05) is 17.3 Å². The minimum absolute atomic E-state index is 0.00455. The first-order valence-corrected chi connectivity index (χ1v) is 8.76. The number of nitrogens with zero attached hydrogens (tertiary/aromatic N) is 1. The Balaban J connectivity index is 1.60. The molecule has 138 valence electrons. The summed E-state index contributed by atoms with van der Waals surface area (Å²) in [6.45, 7) is 3.82. The number of hydrogen-bond donors (Lipinski definition) is 3. The third-order valence-corrected chi connectivity index (χ3v) is 4.76. The Hall–Kier alpha value is -2.83. The number of aromatic nitrogens is 1. The molecule has 0 radical (unpaired) electrons. The summed E-state index contributed by atoms with van der Waals surface area (Å²) >= 11 is 0. The molecule has 0 saturated heterocycles. The molecule has 1 aromatic heterocycles. The van der Waals surface area contributed by atoms with Crippen LogP contribution in [0.1, 0.15) is 36.9 Å². The lowest BCUT2D eigenvalue weighted by Gasteiger charge is -2.26. The molecule has 1 aromatic carbocycles. The maximum atomic E-state index is 12.3. The fourth-order valence-electron chi connectivity index (χ4n) is 3.25. The van der Waals surface area contributed by atoms with Gasteiger partial charge in [0.05, 0.1) is 11.6 Å². The Bertz CT molecular complexity index is 807. The van der Waals surface area contributed by atoms with Crippen LogP contribution in [0.4, 0.5) is 10.5 Å². The number of hydrogen-bond acceptors (Lipinski definition) is 4. The van der Waals surface area contributed by atoms with Crippen molar-refractivity contribution in [1.82, 2.24) is 10.3 Å². The number of anilines is 1. The zero-order valence-corrected chi connectivity index (χ0v) is 14.9. The zero-order chi connectivity index (χ0) is 18.7. The number of carboxylic acids is 1. The van der Waals surface area contributed by atoms with Crippen LogP contribution < -0.4 is 10.6 Å². The molecule has 0 atom stereocenters. The SMILES string of the molecule is Cc1coc(-c2cc(NC(=O)NC3CCC(C(=O)O)CC3)ccc2C)n1. The van der Waals surface area contributed by atoms with Gasteiger partial charge in [-0.25, -0.2) is 9.78 Å². The topological polar surface area (TPSA) is 104 Å². The van der Waals surface area contributed by atoms with Crippen LogP contribution in [0.15, 0.2) is 28.9 Å². The number of urea groups is 1. The van der Waals surface area contributed by atoms with E-state index in [-0.39, 0.29) is 18.0 Å². The fraction of sp³-hybridized carbons (Fsp3) is 0.421. The van der Waals surface area contributed by atoms with Gasteiger partial charge in [0.2, 0.25) is 5.89 Å². The number of carbonyl (C=O) groups is 2. The lowest BCUT2D eigenvalue weighted by Crippen LogP contribution is -2.40. The van der Waals surface area contributed by atoms with Crippen LogP contribution in [0.2, 0.25) is 0 Å². The second kappa shape index (κ2) is 7.59.